The zero-order valence-electron chi connectivity index (χ0n) is 9.52. The largest absolute Gasteiger partial charge is 0.386 e. The van der Waals surface area contributed by atoms with Gasteiger partial charge < -0.3 is 5.11 Å². The van der Waals surface area contributed by atoms with Gasteiger partial charge in [0.1, 0.15) is 11.8 Å². The molecule has 3 aromatic rings. The summed E-state index contributed by atoms with van der Waals surface area (Å²) < 4.78 is 7.96. The molecule has 0 aliphatic heterocycles. The number of aliphatic hydroxyl groups excluding tert-OH is 1. The van der Waals surface area contributed by atoms with Gasteiger partial charge in [-0.3, -0.25) is 4.98 Å². The van der Waals surface area contributed by atoms with Crippen LogP contribution in [0.5, 0.6) is 0 Å². The van der Waals surface area contributed by atoms with Crippen LogP contribution in [0.4, 0.5) is 0 Å². The van der Waals surface area contributed by atoms with E-state index in [1.165, 1.54) is 0 Å². The van der Waals surface area contributed by atoms with Crippen LogP contribution in [0, 0.1) is 0 Å². The minimum absolute atomic E-state index is 0.522. The summed E-state index contributed by atoms with van der Waals surface area (Å²) in [5.74, 6) is 0. The van der Waals surface area contributed by atoms with Crippen LogP contribution in [-0.4, -0.2) is 18.8 Å². The molecule has 0 aliphatic rings. The number of nitrogens with zero attached hydrogens (tertiary/aromatic N) is 3. The first-order chi connectivity index (χ1) is 8.84. The normalized spacial score (nSPS) is 12.7. The van der Waals surface area contributed by atoms with E-state index in [0.717, 1.165) is 28.2 Å². The zero-order valence-corrected chi connectivity index (χ0v) is 10.3. The van der Waals surface area contributed by atoms with E-state index in [4.69, 9.17) is 0 Å². The lowest BCUT2D eigenvalue weighted by atomic mass is 10.0. The first kappa shape index (κ1) is 11.3. The van der Waals surface area contributed by atoms with Crippen molar-refractivity contribution in [3.63, 3.8) is 0 Å². The van der Waals surface area contributed by atoms with Gasteiger partial charge in [-0.2, -0.15) is 8.75 Å². The van der Waals surface area contributed by atoms with Crippen molar-refractivity contribution in [3.05, 3.63) is 54.0 Å². The van der Waals surface area contributed by atoms with Crippen molar-refractivity contribution in [2.45, 2.75) is 12.5 Å². The maximum Gasteiger partial charge on any atom is 0.103 e. The van der Waals surface area contributed by atoms with Gasteiger partial charge in [0.25, 0.3) is 0 Å². The van der Waals surface area contributed by atoms with Crippen molar-refractivity contribution in [1.82, 2.24) is 13.7 Å². The van der Waals surface area contributed by atoms with Crippen molar-refractivity contribution >= 4 is 22.6 Å². The fourth-order valence-corrected chi connectivity index (χ4v) is 2.43. The van der Waals surface area contributed by atoms with Crippen LogP contribution in [0.3, 0.4) is 0 Å². The van der Waals surface area contributed by atoms with E-state index < -0.39 is 6.10 Å². The van der Waals surface area contributed by atoms with E-state index in [1.54, 1.807) is 12.4 Å². The molecule has 0 aliphatic carbocycles. The van der Waals surface area contributed by atoms with E-state index in [-0.39, 0.29) is 0 Å². The number of pyridine rings is 1. The average molecular weight is 257 g/mol. The summed E-state index contributed by atoms with van der Waals surface area (Å²) in [4.78, 5) is 4.30. The summed E-state index contributed by atoms with van der Waals surface area (Å²) in [6, 6.07) is 9.86. The number of hydrogen-bond acceptors (Lipinski definition) is 5. The predicted octanol–water partition coefficient (Wildman–Crippen LogP) is 2.36. The Morgan fingerprint density at radius 2 is 2.11 bits per heavy atom. The van der Waals surface area contributed by atoms with Crippen LogP contribution in [0.15, 0.2) is 42.7 Å². The van der Waals surface area contributed by atoms with Gasteiger partial charge in [0.05, 0.1) is 23.4 Å². The SMILES string of the molecule is OC(Cc1ccnc2ccccc12)c1cnsn1. The highest BCUT2D eigenvalue weighted by Crippen LogP contribution is 2.22. The molecule has 0 amide bonds. The molecule has 0 bridgehead atoms. The molecular weight excluding hydrogens is 246 g/mol. The van der Waals surface area contributed by atoms with Gasteiger partial charge in [-0.05, 0) is 17.7 Å². The highest BCUT2D eigenvalue weighted by atomic mass is 32.1. The Hall–Kier alpha value is -1.85. The number of rotatable bonds is 3. The van der Waals surface area contributed by atoms with E-state index >= 15 is 0 Å². The van der Waals surface area contributed by atoms with Gasteiger partial charge in [0.15, 0.2) is 0 Å². The molecule has 1 atom stereocenters. The Morgan fingerprint density at radius 3 is 2.94 bits per heavy atom. The Balaban J connectivity index is 1.95. The van der Waals surface area contributed by atoms with Crippen LogP contribution in [0.1, 0.15) is 17.4 Å². The lowest BCUT2D eigenvalue weighted by Gasteiger charge is -2.09. The molecule has 18 heavy (non-hydrogen) atoms. The van der Waals surface area contributed by atoms with Crippen molar-refractivity contribution in [1.29, 1.82) is 0 Å². The first-order valence-electron chi connectivity index (χ1n) is 5.63. The fourth-order valence-electron chi connectivity index (χ4n) is 1.96. The summed E-state index contributed by atoms with van der Waals surface area (Å²) in [6.07, 6.45) is 3.28. The minimum atomic E-state index is -0.616. The molecule has 0 fully saturated rings. The van der Waals surface area contributed by atoms with Crippen LogP contribution in [-0.2, 0) is 6.42 Å². The second-order valence-corrected chi connectivity index (χ2v) is 4.60. The molecule has 4 nitrogen and oxygen atoms in total. The van der Waals surface area contributed by atoms with E-state index in [2.05, 4.69) is 13.7 Å². The third-order valence-electron chi connectivity index (χ3n) is 2.87. The van der Waals surface area contributed by atoms with Gasteiger partial charge >= 0.3 is 0 Å². The Morgan fingerprint density at radius 1 is 1.22 bits per heavy atom. The Kier molecular flexibility index (Phi) is 3.00. The number of aliphatic hydroxyl groups is 1. The maximum absolute atomic E-state index is 10.1. The first-order valence-corrected chi connectivity index (χ1v) is 6.36. The van der Waals surface area contributed by atoms with Crippen LogP contribution >= 0.6 is 11.7 Å². The highest BCUT2D eigenvalue weighted by molar-refractivity contribution is 6.99. The third kappa shape index (κ3) is 2.10. The number of aromatic nitrogens is 3. The smallest absolute Gasteiger partial charge is 0.103 e. The molecule has 5 heteroatoms. The summed E-state index contributed by atoms with van der Waals surface area (Å²) in [7, 11) is 0. The fraction of sp³-hybridized carbons (Fsp3) is 0.154. The summed E-state index contributed by atoms with van der Waals surface area (Å²) in [5, 5.41) is 11.2. The van der Waals surface area contributed by atoms with E-state index in [9.17, 15) is 5.11 Å². The molecule has 1 unspecified atom stereocenters. The van der Waals surface area contributed by atoms with Crippen LogP contribution in [0.2, 0.25) is 0 Å². The number of fused-ring (bicyclic) bond motifs is 1. The molecule has 0 radical (unpaired) electrons. The highest BCUT2D eigenvalue weighted by Gasteiger charge is 2.13. The second-order valence-electron chi connectivity index (χ2n) is 4.04. The number of hydrogen-bond donors (Lipinski definition) is 1. The molecule has 0 saturated heterocycles. The third-order valence-corrected chi connectivity index (χ3v) is 3.36. The number of benzene rings is 1. The van der Waals surface area contributed by atoms with Gasteiger partial charge in [-0.25, -0.2) is 0 Å². The Labute approximate surface area is 108 Å². The summed E-state index contributed by atoms with van der Waals surface area (Å²) in [6.45, 7) is 0. The molecule has 0 saturated carbocycles. The van der Waals surface area contributed by atoms with Crippen molar-refractivity contribution in [2.24, 2.45) is 0 Å². The molecular formula is C13H11N3OS. The van der Waals surface area contributed by atoms with Crippen molar-refractivity contribution in [2.75, 3.05) is 0 Å². The van der Waals surface area contributed by atoms with Gasteiger partial charge in [0, 0.05) is 18.0 Å². The summed E-state index contributed by atoms with van der Waals surface area (Å²) in [5.41, 5.74) is 2.64. The molecule has 1 aromatic carbocycles. The summed E-state index contributed by atoms with van der Waals surface area (Å²) >= 11 is 1.11. The molecule has 0 spiro atoms. The van der Waals surface area contributed by atoms with Gasteiger partial charge in [-0.1, -0.05) is 18.2 Å². The molecule has 2 heterocycles. The standard InChI is InChI=1S/C13H11N3OS/c17-13(12-8-15-18-16-12)7-9-5-6-14-11-4-2-1-3-10(9)11/h1-6,8,13,17H,7H2. The van der Waals surface area contributed by atoms with E-state index in [0.29, 0.717) is 12.1 Å². The molecule has 90 valence electrons. The zero-order chi connectivity index (χ0) is 12.4. The maximum atomic E-state index is 10.1. The van der Waals surface area contributed by atoms with Gasteiger partial charge in [-0.15, -0.1) is 0 Å². The second kappa shape index (κ2) is 4.80. The molecule has 2 aromatic heterocycles. The molecule has 1 N–H and O–H groups in total. The number of para-hydroxylation sites is 1. The lowest BCUT2D eigenvalue weighted by molar-refractivity contribution is 0.175. The van der Waals surface area contributed by atoms with Crippen LogP contribution in [0.25, 0.3) is 10.9 Å². The topological polar surface area (TPSA) is 58.9 Å². The van der Waals surface area contributed by atoms with Gasteiger partial charge in [0.2, 0.25) is 0 Å². The lowest BCUT2D eigenvalue weighted by Crippen LogP contribution is -2.02. The Bertz CT molecular complexity index is 649. The quantitative estimate of drug-likeness (QED) is 0.782. The van der Waals surface area contributed by atoms with E-state index in [1.807, 2.05) is 30.3 Å². The van der Waals surface area contributed by atoms with Crippen LogP contribution < -0.4 is 0 Å². The van der Waals surface area contributed by atoms with Crippen molar-refractivity contribution in [3.8, 4) is 0 Å². The van der Waals surface area contributed by atoms with Crippen molar-refractivity contribution < 1.29 is 5.11 Å². The molecule has 3 rings (SSSR count). The predicted molar refractivity (Wildman–Crippen MR) is 70.3 cm³/mol. The average Bonchev–Trinajstić information content (AvgIpc) is 2.93. The monoisotopic (exact) mass is 257 g/mol. The minimum Gasteiger partial charge on any atom is -0.386 e.